The first-order chi connectivity index (χ1) is 7.67. The summed E-state index contributed by atoms with van der Waals surface area (Å²) in [6.45, 7) is 0.397. The van der Waals surface area contributed by atoms with Crippen molar-refractivity contribution in [2.24, 2.45) is 0 Å². The van der Waals surface area contributed by atoms with E-state index in [1.165, 1.54) is 7.11 Å². The van der Waals surface area contributed by atoms with Gasteiger partial charge in [-0.15, -0.1) is 0 Å². The van der Waals surface area contributed by atoms with E-state index in [-0.39, 0.29) is 18.1 Å². The first-order valence-corrected chi connectivity index (χ1v) is 4.64. The van der Waals surface area contributed by atoms with Crippen LogP contribution in [0.2, 0.25) is 0 Å². The second-order valence-corrected chi connectivity index (χ2v) is 3.00. The van der Waals surface area contributed by atoms with Gasteiger partial charge in [0.1, 0.15) is 11.9 Å². The minimum Gasteiger partial charge on any atom is -0.469 e. The maximum Gasteiger partial charge on any atom is 0.307 e. The highest BCUT2D eigenvalue weighted by Crippen LogP contribution is 2.11. The van der Waals surface area contributed by atoms with E-state index in [1.54, 1.807) is 12.1 Å². The molecule has 0 atom stereocenters. The van der Waals surface area contributed by atoms with Gasteiger partial charge in [0, 0.05) is 6.54 Å². The number of nitrogens with two attached hydrogens (primary N) is 1. The van der Waals surface area contributed by atoms with Gasteiger partial charge in [0.2, 0.25) is 0 Å². The van der Waals surface area contributed by atoms with E-state index in [4.69, 9.17) is 11.0 Å². The van der Waals surface area contributed by atoms with Gasteiger partial charge in [-0.1, -0.05) is 0 Å². The Morgan fingerprint density at radius 2 is 2.44 bits per heavy atom. The minimum absolute atomic E-state index is 0.170. The zero-order valence-corrected chi connectivity index (χ0v) is 8.86. The molecule has 0 saturated heterocycles. The Labute approximate surface area is 93.0 Å². The molecule has 1 aromatic heterocycles. The van der Waals surface area contributed by atoms with Crippen LogP contribution in [-0.4, -0.2) is 24.6 Å². The monoisotopic (exact) mass is 220 g/mol. The summed E-state index contributed by atoms with van der Waals surface area (Å²) in [7, 11) is 1.33. The van der Waals surface area contributed by atoms with Gasteiger partial charge in [-0.25, -0.2) is 4.98 Å². The van der Waals surface area contributed by atoms with Gasteiger partial charge in [-0.05, 0) is 12.1 Å². The lowest BCUT2D eigenvalue weighted by atomic mass is 10.3. The highest BCUT2D eigenvalue weighted by Gasteiger charge is 2.03. The Morgan fingerprint density at radius 3 is 3.06 bits per heavy atom. The maximum absolute atomic E-state index is 10.8. The molecule has 0 aromatic carbocycles. The van der Waals surface area contributed by atoms with E-state index in [2.05, 4.69) is 15.0 Å². The fraction of sp³-hybridized carbons (Fsp3) is 0.300. The van der Waals surface area contributed by atoms with Crippen LogP contribution in [0.5, 0.6) is 0 Å². The SMILES string of the molecule is COC(=O)CCNc1ccc(N)c(C#N)n1. The van der Waals surface area contributed by atoms with E-state index in [0.717, 1.165) is 0 Å². The maximum atomic E-state index is 10.8. The number of nitrogens with one attached hydrogen (secondary N) is 1. The summed E-state index contributed by atoms with van der Waals surface area (Å²) in [6, 6.07) is 5.11. The van der Waals surface area contributed by atoms with Gasteiger partial charge in [0.05, 0.1) is 19.2 Å². The third kappa shape index (κ3) is 3.13. The first-order valence-electron chi connectivity index (χ1n) is 4.64. The third-order valence-electron chi connectivity index (χ3n) is 1.90. The predicted octanol–water partition coefficient (Wildman–Crippen LogP) is 0.510. The van der Waals surface area contributed by atoms with Crippen molar-refractivity contribution in [3.05, 3.63) is 17.8 Å². The number of hydrogen-bond donors (Lipinski definition) is 2. The summed E-state index contributed by atoms with van der Waals surface area (Å²) in [5.41, 5.74) is 6.02. The van der Waals surface area contributed by atoms with Crippen LogP contribution in [0.1, 0.15) is 12.1 Å². The van der Waals surface area contributed by atoms with Crippen LogP contribution in [-0.2, 0) is 9.53 Å². The van der Waals surface area contributed by atoms with Crippen molar-refractivity contribution < 1.29 is 9.53 Å². The average Bonchev–Trinajstić information content (AvgIpc) is 2.31. The van der Waals surface area contributed by atoms with E-state index >= 15 is 0 Å². The zero-order valence-electron chi connectivity index (χ0n) is 8.86. The fourth-order valence-electron chi connectivity index (χ4n) is 1.05. The number of nitrogens with zero attached hydrogens (tertiary/aromatic N) is 2. The molecule has 1 heterocycles. The van der Waals surface area contributed by atoms with Crippen molar-refractivity contribution >= 4 is 17.5 Å². The minimum atomic E-state index is -0.302. The Hall–Kier alpha value is -2.29. The Morgan fingerprint density at radius 1 is 1.69 bits per heavy atom. The molecular formula is C10H12N4O2. The van der Waals surface area contributed by atoms with Crippen LogP contribution in [0, 0.1) is 11.3 Å². The predicted molar refractivity (Wildman–Crippen MR) is 58.5 cm³/mol. The molecule has 3 N–H and O–H groups in total. The van der Waals surface area contributed by atoms with Crippen molar-refractivity contribution in [3.8, 4) is 6.07 Å². The summed E-state index contributed by atoms with van der Waals surface area (Å²) in [5.74, 6) is 0.207. The molecule has 84 valence electrons. The lowest BCUT2D eigenvalue weighted by Gasteiger charge is -2.05. The van der Waals surface area contributed by atoms with E-state index in [1.807, 2.05) is 6.07 Å². The quantitative estimate of drug-likeness (QED) is 0.717. The number of nitrogen functional groups attached to an aromatic ring is 1. The Kier molecular flexibility index (Phi) is 4.09. The zero-order chi connectivity index (χ0) is 12.0. The normalized spacial score (nSPS) is 9.25. The molecule has 0 aliphatic carbocycles. The average molecular weight is 220 g/mol. The van der Waals surface area contributed by atoms with Crippen LogP contribution in [0.4, 0.5) is 11.5 Å². The molecular weight excluding hydrogens is 208 g/mol. The molecule has 0 spiro atoms. The Balaban J connectivity index is 2.55. The van der Waals surface area contributed by atoms with Gasteiger partial charge in [0.15, 0.2) is 5.69 Å². The number of carbonyl (C=O) groups excluding carboxylic acids is 1. The van der Waals surface area contributed by atoms with Crippen LogP contribution in [0.3, 0.4) is 0 Å². The molecule has 16 heavy (non-hydrogen) atoms. The molecule has 0 radical (unpaired) electrons. The van der Waals surface area contributed by atoms with Crippen LogP contribution in [0.25, 0.3) is 0 Å². The highest BCUT2D eigenvalue weighted by molar-refractivity contribution is 5.69. The smallest absolute Gasteiger partial charge is 0.307 e. The van der Waals surface area contributed by atoms with Crippen molar-refractivity contribution in [1.82, 2.24) is 4.98 Å². The van der Waals surface area contributed by atoms with Crippen LogP contribution < -0.4 is 11.1 Å². The molecule has 0 aliphatic rings. The van der Waals surface area contributed by atoms with Crippen LogP contribution >= 0.6 is 0 Å². The number of nitriles is 1. The lowest BCUT2D eigenvalue weighted by Crippen LogP contribution is -2.11. The molecule has 1 aromatic rings. The second-order valence-electron chi connectivity index (χ2n) is 3.00. The van der Waals surface area contributed by atoms with E-state index in [0.29, 0.717) is 18.1 Å². The molecule has 0 unspecified atom stereocenters. The molecule has 6 nitrogen and oxygen atoms in total. The number of rotatable bonds is 4. The fourth-order valence-corrected chi connectivity index (χ4v) is 1.05. The number of methoxy groups -OCH3 is 1. The topological polar surface area (TPSA) is 101 Å². The third-order valence-corrected chi connectivity index (χ3v) is 1.90. The molecule has 0 bridgehead atoms. The first kappa shape index (κ1) is 11.8. The highest BCUT2D eigenvalue weighted by atomic mass is 16.5. The molecule has 0 saturated carbocycles. The molecule has 6 heteroatoms. The van der Waals surface area contributed by atoms with Gasteiger partial charge in [0.25, 0.3) is 0 Å². The van der Waals surface area contributed by atoms with E-state index in [9.17, 15) is 4.79 Å². The van der Waals surface area contributed by atoms with Gasteiger partial charge in [-0.3, -0.25) is 4.79 Å². The number of esters is 1. The number of hydrogen-bond acceptors (Lipinski definition) is 6. The lowest BCUT2D eigenvalue weighted by molar-refractivity contribution is -0.140. The van der Waals surface area contributed by atoms with Crippen molar-refractivity contribution in [2.45, 2.75) is 6.42 Å². The molecule has 1 rings (SSSR count). The van der Waals surface area contributed by atoms with Crippen molar-refractivity contribution in [1.29, 1.82) is 5.26 Å². The molecule has 0 aliphatic heterocycles. The largest absolute Gasteiger partial charge is 0.469 e. The number of aromatic nitrogens is 1. The van der Waals surface area contributed by atoms with Gasteiger partial charge in [-0.2, -0.15) is 5.26 Å². The van der Waals surface area contributed by atoms with E-state index < -0.39 is 0 Å². The summed E-state index contributed by atoms with van der Waals surface area (Å²) in [5, 5.41) is 11.6. The number of anilines is 2. The summed E-state index contributed by atoms with van der Waals surface area (Å²) in [6.07, 6.45) is 0.241. The van der Waals surface area contributed by atoms with Crippen molar-refractivity contribution in [2.75, 3.05) is 24.7 Å². The molecule has 0 fully saturated rings. The number of pyridine rings is 1. The summed E-state index contributed by atoms with van der Waals surface area (Å²) >= 11 is 0. The summed E-state index contributed by atoms with van der Waals surface area (Å²) in [4.78, 5) is 14.8. The van der Waals surface area contributed by atoms with Crippen LogP contribution in [0.15, 0.2) is 12.1 Å². The summed E-state index contributed by atoms with van der Waals surface area (Å²) < 4.78 is 4.48. The van der Waals surface area contributed by atoms with Gasteiger partial charge >= 0.3 is 5.97 Å². The number of ether oxygens (including phenoxy) is 1. The Bertz CT molecular complexity index is 425. The standard InChI is InChI=1S/C10H12N4O2/c1-16-10(15)4-5-13-9-3-2-7(12)8(6-11)14-9/h2-3H,4-5,12H2,1H3,(H,13,14). The molecule has 0 amide bonds. The number of carbonyl (C=O) groups is 1. The van der Waals surface area contributed by atoms with Crippen molar-refractivity contribution in [3.63, 3.8) is 0 Å². The second kappa shape index (κ2) is 5.56. The van der Waals surface area contributed by atoms with Gasteiger partial charge < -0.3 is 15.8 Å².